The van der Waals surface area contributed by atoms with Crippen LogP contribution in [0.2, 0.25) is 0 Å². The highest BCUT2D eigenvalue weighted by molar-refractivity contribution is 5.48. The molecule has 2 aromatic heterocycles. The molecule has 0 bridgehead atoms. The third-order valence-corrected chi connectivity index (χ3v) is 4.50. The normalized spacial score (nSPS) is 11.5. The molecule has 8 heteroatoms. The number of aromatic nitrogens is 5. The first-order chi connectivity index (χ1) is 14.7. The summed E-state index contributed by atoms with van der Waals surface area (Å²) in [6.45, 7) is 2.28. The largest absolute Gasteiger partial charge is 0.487 e. The molecule has 0 radical (unpaired) electrons. The maximum atomic E-state index is 9.56. The van der Waals surface area contributed by atoms with E-state index in [1.54, 1.807) is 24.4 Å². The average molecular weight is 398 g/mol. The molecule has 0 aliphatic heterocycles. The monoisotopic (exact) mass is 398 g/mol. The van der Waals surface area contributed by atoms with Gasteiger partial charge >= 0.3 is 0 Å². The van der Waals surface area contributed by atoms with Crippen LogP contribution in [0.15, 0.2) is 66.9 Å². The van der Waals surface area contributed by atoms with Gasteiger partial charge in [-0.05, 0) is 36.8 Å². The molecule has 0 amide bonds. The van der Waals surface area contributed by atoms with Gasteiger partial charge in [0.2, 0.25) is 5.82 Å². The minimum absolute atomic E-state index is 0.304. The number of tetrazole rings is 1. The molecule has 0 spiro atoms. The van der Waals surface area contributed by atoms with Crippen LogP contribution in [0, 0.1) is 18.3 Å². The Bertz CT molecular complexity index is 1160. The second-order valence-electron chi connectivity index (χ2n) is 6.50. The van der Waals surface area contributed by atoms with E-state index in [2.05, 4.69) is 31.7 Å². The van der Waals surface area contributed by atoms with Crippen LogP contribution in [0.5, 0.6) is 11.5 Å². The number of aromatic amines is 1. The van der Waals surface area contributed by atoms with E-state index in [0.717, 1.165) is 16.8 Å². The zero-order valence-corrected chi connectivity index (χ0v) is 16.2. The number of nitrogens with one attached hydrogen (secondary N) is 1. The van der Waals surface area contributed by atoms with E-state index in [9.17, 15) is 5.26 Å². The van der Waals surface area contributed by atoms with Crippen molar-refractivity contribution in [2.75, 3.05) is 0 Å². The van der Waals surface area contributed by atoms with Crippen LogP contribution in [0.4, 0.5) is 0 Å². The van der Waals surface area contributed by atoms with Crippen LogP contribution in [0.1, 0.15) is 34.3 Å². The summed E-state index contributed by atoms with van der Waals surface area (Å²) in [5.41, 5.74) is 3.06. The summed E-state index contributed by atoms with van der Waals surface area (Å²) < 4.78 is 12.1. The van der Waals surface area contributed by atoms with Crippen LogP contribution in [0.3, 0.4) is 0 Å². The van der Waals surface area contributed by atoms with Gasteiger partial charge in [0.1, 0.15) is 24.2 Å². The molecule has 2 heterocycles. The Morgan fingerprint density at radius 2 is 1.97 bits per heavy atom. The summed E-state index contributed by atoms with van der Waals surface area (Å²) in [6, 6.07) is 20.6. The van der Waals surface area contributed by atoms with E-state index in [1.165, 1.54) is 0 Å². The van der Waals surface area contributed by atoms with Crippen LogP contribution < -0.4 is 9.47 Å². The predicted octanol–water partition coefficient (Wildman–Crippen LogP) is 3.52. The molecule has 1 N–H and O–H groups in total. The van der Waals surface area contributed by atoms with Crippen molar-refractivity contribution < 1.29 is 9.47 Å². The number of pyridine rings is 1. The number of benzene rings is 2. The first-order valence-electron chi connectivity index (χ1n) is 9.27. The fourth-order valence-electron chi connectivity index (χ4n) is 2.97. The van der Waals surface area contributed by atoms with E-state index in [-0.39, 0.29) is 0 Å². The van der Waals surface area contributed by atoms with Gasteiger partial charge in [-0.2, -0.15) is 10.5 Å². The minimum Gasteiger partial charge on any atom is -0.487 e. The van der Waals surface area contributed by atoms with Crippen molar-refractivity contribution in [3.05, 3.63) is 95.1 Å². The van der Waals surface area contributed by atoms with Gasteiger partial charge < -0.3 is 9.47 Å². The topological polar surface area (TPSA) is 110 Å². The number of nitrogens with zero attached hydrogens (tertiary/aromatic N) is 5. The lowest BCUT2D eigenvalue weighted by Crippen LogP contribution is -2.13. The number of rotatable bonds is 7. The molecule has 4 aromatic rings. The smallest absolute Gasteiger partial charge is 0.219 e. The van der Waals surface area contributed by atoms with Crippen LogP contribution in [0.25, 0.3) is 0 Å². The molecule has 30 heavy (non-hydrogen) atoms. The molecule has 8 nitrogen and oxygen atoms in total. The number of ether oxygens (including phenoxy) is 2. The van der Waals surface area contributed by atoms with Crippen molar-refractivity contribution in [2.24, 2.45) is 0 Å². The van der Waals surface area contributed by atoms with Crippen molar-refractivity contribution in [2.45, 2.75) is 19.6 Å². The molecule has 148 valence electrons. The third-order valence-electron chi connectivity index (χ3n) is 4.50. The highest BCUT2D eigenvalue weighted by atomic mass is 16.5. The number of hydrogen-bond donors (Lipinski definition) is 1. The Morgan fingerprint density at radius 1 is 1.10 bits per heavy atom. The van der Waals surface area contributed by atoms with Gasteiger partial charge in [-0.1, -0.05) is 35.5 Å². The molecule has 0 saturated carbocycles. The molecular formula is C22H18N6O2. The quantitative estimate of drug-likeness (QED) is 0.507. The highest BCUT2D eigenvalue weighted by Crippen LogP contribution is 2.32. The third kappa shape index (κ3) is 4.25. The Kier molecular flexibility index (Phi) is 5.62. The van der Waals surface area contributed by atoms with E-state index >= 15 is 0 Å². The Morgan fingerprint density at radius 3 is 2.70 bits per heavy atom. The van der Waals surface area contributed by atoms with E-state index in [1.807, 2.05) is 49.4 Å². The fourth-order valence-corrected chi connectivity index (χ4v) is 2.97. The van der Waals surface area contributed by atoms with Gasteiger partial charge in [-0.25, -0.2) is 0 Å². The molecule has 0 fully saturated rings. The lowest BCUT2D eigenvalue weighted by atomic mass is 10.0. The molecule has 1 atom stereocenters. The summed E-state index contributed by atoms with van der Waals surface area (Å²) in [4.78, 5) is 4.25. The number of H-pyrrole nitrogens is 1. The number of hydrogen-bond acceptors (Lipinski definition) is 7. The Balaban J connectivity index is 1.64. The highest BCUT2D eigenvalue weighted by Gasteiger charge is 2.24. The first kappa shape index (κ1) is 19.1. The second kappa shape index (κ2) is 8.84. The zero-order chi connectivity index (χ0) is 20.8. The summed E-state index contributed by atoms with van der Waals surface area (Å²) >= 11 is 0. The molecule has 2 aromatic carbocycles. The second-order valence-corrected chi connectivity index (χ2v) is 6.50. The molecule has 0 aliphatic rings. The Labute approximate surface area is 173 Å². The maximum Gasteiger partial charge on any atom is 0.219 e. The van der Waals surface area contributed by atoms with E-state index in [4.69, 9.17) is 9.47 Å². The standard InChI is InChI=1S/C22H18N6O2/c1-15-6-2-3-8-19(15)21(22-25-27-28-26-22)30-20-12-18(10-9-16(20)13-23)29-14-17-7-4-5-11-24-17/h2-12,21H,14H2,1H3,(H,25,26,27,28). The Hall–Kier alpha value is -4.25. The number of nitriles is 1. The van der Waals surface area contributed by atoms with Gasteiger partial charge in [-0.3, -0.25) is 4.98 Å². The molecular weight excluding hydrogens is 380 g/mol. The SMILES string of the molecule is Cc1ccccc1C(Oc1cc(OCc2ccccn2)ccc1C#N)c1nn[nH]n1. The summed E-state index contributed by atoms with van der Waals surface area (Å²) in [6.07, 6.45) is 1.08. The van der Waals surface area contributed by atoms with Crippen LogP contribution >= 0.6 is 0 Å². The molecule has 4 rings (SSSR count). The number of aryl methyl sites for hydroxylation is 1. The molecule has 0 aliphatic carbocycles. The first-order valence-corrected chi connectivity index (χ1v) is 9.27. The van der Waals surface area contributed by atoms with Crippen molar-refractivity contribution in [3.63, 3.8) is 0 Å². The van der Waals surface area contributed by atoms with E-state index < -0.39 is 6.10 Å². The van der Waals surface area contributed by atoms with Crippen molar-refractivity contribution in [1.82, 2.24) is 25.6 Å². The minimum atomic E-state index is -0.636. The lowest BCUT2D eigenvalue weighted by Gasteiger charge is -2.19. The van der Waals surface area contributed by atoms with Gasteiger partial charge in [0.15, 0.2) is 6.10 Å². The van der Waals surface area contributed by atoms with Crippen LogP contribution in [-0.4, -0.2) is 25.6 Å². The van der Waals surface area contributed by atoms with E-state index in [0.29, 0.717) is 29.5 Å². The van der Waals surface area contributed by atoms with Gasteiger partial charge in [0.05, 0.1) is 11.3 Å². The van der Waals surface area contributed by atoms with Crippen molar-refractivity contribution in [1.29, 1.82) is 5.26 Å². The summed E-state index contributed by atoms with van der Waals surface area (Å²) in [5, 5.41) is 23.8. The molecule has 0 saturated heterocycles. The average Bonchev–Trinajstić information content (AvgIpc) is 3.32. The lowest BCUT2D eigenvalue weighted by molar-refractivity contribution is 0.232. The molecule has 1 unspecified atom stereocenters. The van der Waals surface area contributed by atoms with Crippen LogP contribution in [-0.2, 0) is 6.61 Å². The van der Waals surface area contributed by atoms with Crippen molar-refractivity contribution >= 4 is 0 Å². The summed E-state index contributed by atoms with van der Waals surface area (Å²) in [5.74, 6) is 1.30. The van der Waals surface area contributed by atoms with Gasteiger partial charge in [-0.15, -0.1) is 10.2 Å². The van der Waals surface area contributed by atoms with Gasteiger partial charge in [0.25, 0.3) is 0 Å². The fraction of sp³-hybridized carbons (Fsp3) is 0.136. The maximum absolute atomic E-state index is 9.56. The van der Waals surface area contributed by atoms with Crippen molar-refractivity contribution in [3.8, 4) is 17.6 Å². The van der Waals surface area contributed by atoms with Gasteiger partial charge in [0, 0.05) is 17.8 Å². The summed E-state index contributed by atoms with van der Waals surface area (Å²) in [7, 11) is 0. The predicted molar refractivity (Wildman–Crippen MR) is 108 cm³/mol. The zero-order valence-electron chi connectivity index (χ0n) is 16.2.